The van der Waals surface area contributed by atoms with Crippen molar-refractivity contribution in [3.63, 3.8) is 0 Å². The fourth-order valence-electron chi connectivity index (χ4n) is 2.27. The molecule has 0 unspecified atom stereocenters. The molecule has 5 heteroatoms. The van der Waals surface area contributed by atoms with E-state index in [-0.39, 0.29) is 5.91 Å². The predicted molar refractivity (Wildman–Crippen MR) is 87.2 cm³/mol. The van der Waals surface area contributed by atoms with E-state index in [0.29, 0.717) is 21.4 Å². The number of carbonyl (C=O) groups is 1. The van der Waals surface area contributed by atoms with Crippen LogP contribution in [0.3, 0.4) is 0 Å². The van der Waals surface area contributed by atoms with Crippen LogP contribution in [0.25, 0.3) is 0 Å². The van der Waals surface area contributed by atoms with Gasteiger partial charge in [0, 0.05) is 15.6 Å². The molecular formula is C16H12Cl2N2O. The van der Waals surface area contributed by atoms with Gasteiger partial charge < -0.3 is 5.32 Å². The third-order valence-electron chi connectivity index (χ3n) is 3.51. The molecule has 0 saturated heterocycles. The highest BCUT2D eigenvalue weighted by atomic mass is 35.5. The van der Waals surface area contributed by atoms with Crippen LogP contribution in [0.15, 0.2) is 35.3 Å². The third kappa shape index (κ3) is 2.43. The minimum absolute atomic E-state index is 0.227. The molecule has 3 nitrogen and oxygen atoms in total. The van der Waals surface area contributed by atoms with Gasteiger partial charge in [-0.05, 0) is 49.2 Å². The third-order valence-corrected chi connectivity index (χ3v) is 4.16. The molecule has 2 aromatic carbocycles. The van der Waals surface area contributed by atoms with E-state index in [1.807, 2.05) is 19.9 Å². The molecule has 0 atom stereocenters. The van der Waals surface area contributed by atoms with E-state index in [2.05, 4.69) is 10.3 Å². The zero-order valence-electron chi connectivity index (χ0n) is 11.5. The quantitative estimate of drug-likeness (QED) is 0.814. The predicted octanol–water partition coefficient (Wildman–Crippen LogP) is 4.68. The summed E-state index contributed by atoms with van der Waals surface area (Å²) in [5.74, 6) is -0.227. The summed E-state index contributed by atoms with van der Waals surface area (Å²) in [7, 11) is 0. The Hall–Kier alpha value is -1.84. The van der Waals surface area contributed by atoms with Gasteiger partial charge in [-0.15, -0.1) is 0 Å². The smallest absolute Gasteiger partial charge is 0.275 e. The molecular weight excluding hydrogens is 307 g/mol. The number of carbonyl (C=O) groups excluding carboxylic acids is 1. The molecule has 1 heterocycles. The average Bonchev–Trinajstić information content (AvgIpc) is 2.76. The largest absolute Gasteiger partial charge is 0.320 e. The molecule has 2 aromatic rings. The Balaban J connectivity index is 2.17. The van der Waals surface area contributed by atoms with Crippen molar-refractivity contribution < 1.29 is 4.79 Å². The van der Waals surface area contributed by atoms with Crippen molar-refractivity contribution in [2.24, 2.45) is 4.99 Å². The van der Waals surface area contributed by atoms with E-state index >= 15 is 0 Å². The lowest BCUT2D eigenvalue weighted by molar-refractivity contribution is -0.110. The van der Waals surface area contributed by atoms with E-state index in [0.717, 1.165) is 22.4 Å². The Morgan fingerprint density at radius 3 is 2.62 bits per heavy atom. The van der Waals surface area contributed by atoms with E-state index < -0.39 is 0 Å². The van der Waals surface area contributed by atoms with E-state index in [1.165, 1.54) is 0 Å². The van der Waals surface area contributed by atoms with Crippen LogP contribution in [0, 0.1) is 13.8 Å². The van der Waals surface area contributed by atoms with Crippen LogP contribution in [0.4, 0.5) is 11.4 Å². The highest BCUT2D eigenvalue weighted by Crippen LogP contribution is 2.33. The Morgan fingerprint density at radius 1 is 1.10 bits per heavy atom. The topological polar surface area (TPSA) is 41.5 Å². The minimum Gasteiger partial charge on any atom is -0.320 e. The number of nitrogens with one attached hydrogen (secondary N) is 1. The number of rotatable bonds is 1. The Bertz CT molecular complexity index is 797. The summed E-state index contributed by atoms with van der Waals surface area (Å²) in [5, 5.41) is 4.03. The summed E-state index contributed by atoms with van der Waals surface area (Å²) in [5.41, 5.74) is 4.37. The zero-order valence-corrected chi connectivity index (χ0v) is 13.0. The lowest BCUT2D eigenvalue weighted by Gasteiger charge is -2.05. The maximum absolute atomic E-state index is 12.2. The first kappa shape index (κ1) is 14.1. The van der Waals surface area contributed by atoms with Crippen LogP contribution in [0.5, 0.6) is 0 Å². The number of amides is 1. The summed E-state index contributed by atoms with van der Waals surface area (Å²) in [6.45, 7) is 3.80. The van der Waals surface area contributed by atoms with Crippen molar-refractivity contribution in [3.05, 3.63) is 57.1 Å². The van der Waals surface area contributed by atoms with Gasteiger partial charge in [0.2, 0.25) is 0 Å². The fourth-order valence-corrected chi connectivity index (χ4v) is 2.60. The molecule has 1 amide bonds. The van der Waals surface area contributed by atoms with Crippen molar-refractivity contribution >= 4 is 46.2 Å². The number of nitrogens with zero attached hydrogens (tertiary/aromatic N) is 1. The van der Waals surface area contributed by atoms with E-state index in [1.54, 1.807) is 24.3 Å². The Kier molecular flexibility index (Phi) is 3.47. The lowest BCUT2D eigenvalue weighted by atomic mass is 10.1. The first-order valence-electron chi connectivity index (χ1n) is 6.43. The van der Waals surface area contributed by atoms with Crippen LogP contribution in [0.2, 0.25) is 10.0 Å². The second-order valence-electron chi connectivity index (χ2n) is 4.94. The maximum atomic E-state index is 12.2. The second-order valence-corrected chi connectivity index (χ2v) is 5.78. The SMILES string of the molecule is Cc1ccc(Cl)cc1N=C1C(=O)Nc2c1ccc(Cl)c2C. The number of halogens is 2. The fraction of sp³-hybridized carbons (Fsp3) is 0.125. The van der Waals surface area contributed by atoms with Crippen molar-refractivity contribution in [2.45, 2.75) is 13.8 Å². The molecule has 0 bridgehead atoms. The number of fused-ring (bicyclic) bond motifs is 1. The van der Waals surface area contributed by atoms with E-state index in [9.17, 15) is 4.79 Å². The first-order chi connectivity index (χ1) is 9.97. The van der Waals surface area contributed by atoms with Crippen molar-refractivity contribution in [1.29, 1.82) is 0 Å². The molecule has 3 rings (SSSR count). The highest BCUT2D eigenvalue weighted by Gasteiger charge is 2.28. The van der Waals surface area contributed by atoms with Gasteiger partial charge in [-0.25, -0.2) is 4.99 Å². The van der Waals surface area contributed by atoms with Crippen LogP contribution >= 0.6 is 23.2 Å². The molecule has 21 heavy (non-hydrogen) atoms. The molecule has 106 valence electrons. The van der Waals surface area contributed by atoms with Gasteiger partial charge in [0.15, 0.2) is 0 Å². The van der Waals surface area contributed by atoms with Crippen molar-refractivity contribution in [2.75, 3.05) is 5.32 Å². The minimum atomic E-state index is -0.227. The van der Waals surface area contributed by atoms with Crippen LogP contribution in [-0.2, 0) is 4.79 Å². The number of aryl methyl sites for hydroxylation is 1. The molecule has 0 saturated carbocycles. The number of hydrogen-bond donors (Lipinski definition) is 1. The molecule has 0 aromatic heterocycles. The van der Waals surface area contributed by atoms with Gasteiger partial charge in [-0.2, -0.15) is 0 Å². The van der Waals surface area contributed by atoms with Gasteiger partial charge in [0.05, 0.1) is 11.4 Å². The summed E-state index contributed by atoms with van der Waals surface area (Å²) >= 11 is 12.1. The highest BCUT2D eigenvalue weighted by molar-refractivity contribution is 6.54. The molecule has 1 aliphatic rings. The lowest BCUT2D eigenvalue weighted by Crippen LogP contribution is -2.14. The van der Waals surface area contributed by atoms with Gasteiger partial charge in [-0.3, -0.25) is 4.79 Å². The molecule has 0 radical (unpaired) electrons. The molecule has 0 aliphatic carbocycles. The normalized spacial score (nSPS) is 15.2. The van der Waals surface area contributed by atoms with Gasteiger partial charge >= 0.3 is 0 Å². The summed E-state index contributed by atoms with van der Waals surface area (Å²) in [6.07, 6.45) is 0. The zero-order chi connectivity index (χ0) is 15.1. The Morgan fingerprint density at radius 2 is 1.86 bits per heavy atom. The van der Waals surface area contributed by atoms with Crippen LogP contribution < -0.4 is 5.32 Å². The molecule has 1 N–H and O–H groups in total. The number of hydrogen-bond acceptors (Lipinski definition) is 2. The van der Waals surface area contributed by atoms with Crippen molar-refractivity contribution in [3.8, 4) is 0 Å². The van der Waals surface area contributed by atoms with Crippen LogP contribution in [-0.4, -0.2) is 11.6 Å². The summed E-state index contributed by atoms with van der Waals surface area (Å²) in [4.78, 5) is 16.7. The molecule has 0 fully saturated rings. The molecule has 0 spiro atoms. The summed E-state index contributed by atoms with van der Waals surface area (Å²) < 4.78 is 0. The van der Waals surface area contributed by atoms with Gasteiger partial charge in [0.1, 0.15) is 5.71 Å². The Labute approximate surface area is 132 Å². The number of benzene rings is 2. The van der Waals surface area contributed by atoms with Crippen molar-refractivity contribution in [1.82, 2.24) is 0 Å². The maximum Gasteiger partial charge on any atom is 0.275 e. The monoisotopic (exact) mass is 318 g/mol. The van der Waals surface area contributed by atoms with E-state index in [4.69, 9.17) is 23.2 Å². The van der Waals surface area contributed by atoms with Gasteiger partial charge in [-0.1, -0.05) is 29.3 Å². The number of anilines is 1. The molecule has 1 aliphatic heterocycles. The second kappa shape index (κ2) is 5.17. The summed E-state index contributed by atoms with van der Waals surface area (Å²) in [6, 6.07) is 9.01. The van der Waals surface area contributed by atoms with Gasteiger partial charge in [0.25, 0.3) is 5.91 Å². The standard InChI is InChI=1S/C16H12Cl2N2O/c1-8-3-4-10(17)7-13(8)19-15-11-5-6-12(18)9(2)14(11)20-16(15)21/h3-7H,1-2H3,(H,19,20,21). The number of aliphatic imine (C=N–C) groups is 1. The van der Waals surface area contributed by atoms with Crippen LogP contribution in [0.1, 0.15) is 16.7 Å². The average molecular weight is 319 g/mol. The first-order valence-corrected chi connectivity index (χ1v) is 7.18.